The Morgan fingerprint density at radius 2 is 2.07 bits per heavy atom. The number of nitro benzene ring substituents is 1. The molecule has 0 aliphatic rings. The molecule has 6 nitrogen and oxygen atoms in total. The van der Waals surface area contributed by atoms with Crippen molar-refractivity contribution in [2.45, 2.75) is 17.9 Å². The van der Waals surface area contributed by atoms with Crippen molar-refractivity contribution in [3.8, 4) is 12.3 Å². The van der Waals surface area contributed by atoms with Gasteiger partial charge in [0.05, 0.1) is 28.1 Å². The number of terminal acetylenes is 1. The van der Waals surface area contributed by atoms with E-state index in [-0.39, 0.29) is 24.6 Å². The van der Waals surface area contributed by atoms with Crippen molar-refractivity contribution >= 4 is 44.9 Å². The van der Waals surface area contributed by atoms with Crippen LogP contribution in [0, 0.1) is 22.5 Å². The minimum absolute atomic E-state index is 0.0108. The van der Waals surface area contributed by atoms with E-state index < -0.39 is 4.92 Å². The van der Waals surface area contributed by atoms with Gasteiger partial charge in [-0.05, 0) is 30.0 Å². The molecule has 0 spiro atoms. The van der Waals surface area contributed by atoms with Crippen LogP contribution in [0.4, 0.5) is 5.69 Å². The van der Waals surface area contributed by atoms with Crippen LogP contribution in [0.5, 0.6) is 0 Å². The summed E-state index contributed by atoms with van der Waals surface area (Å²) in [5.41, 5.74) is 1.59. The largest absolute Gasteiger partial charge is 0.305 e. The van der Waals surface area contributed by atoms with Crippen LogP contribution in [0.15, 0.2) is 52.4 Å². The van der Waals surface area contributed by atoms with E-state index in [0.717, 1.165) is 16.0 Å². The Balaban J connectivity index is 1.97. The number of hydrogen-bond acceptors (Lipinski definition) is 5. The first kappa shape index (κ1) is 18.9. The predicted molar refractivity (Wildman–Crippen MR) is 108 cm³/mol. The predicted octanol–water partition coefficient (Wildman–Crippen LogP) is 3.64. The van der Waals surface area contributed by atoms with Gasteiger partial charge in [0.1, 0.15) is 0 Å². The average molecular weight is 397 g/mol. The number of thiazole rings is 1. The number of thioether (sulfide) groups is 1. The second kappa shape index (κ2) is 8.20. The van der Waals surface area contributed by atoms with Crippen LogP contribution in [0.1, 0.15) is 5.56 Å². The number of amides is 1. The first-order valence-electron chi connectivity index (χ1n) is 7.93. The lowest BCUT2D eigenvalue weighted by molar-refractivity contribution is -0.384. The number of hydrogen-bond donors (Lipinski definition) is 0. The smallest absolute Gasteiger partial charge is 0.270 e. The number of nitro groups is 1. The molecule has 1 aromatic heterocycles. The number of carbonyl (C=O) groups is 1. The van der Waals surface area contributed by atoms with Gasteiger partial charge in [0.15, 0.2) is 4.80 Å². The van der Waals surface area contributed by atoms with E-state index in [1.54, 1.807) is 22.4 Å². The molecule has 0 radical (unpaired) electrons. The van der Waals surface area contributed by atoms with Gasteiger partial charge in [-0.1, -0.05) is 29.4 Å². The number of fused-ring (bicyclic) bond motifs is 1. The highest BCUT2D eigenvalue weighted by Crippen LogP contribution is 2.23. The number of non-ortho nitro benzene ring substituents is 1. The quantitative estimate of drug-likeness (QED) is 0.285. The molecule has 0 atom stereocenters. The van der Waals surface area contributed by atoms with Crippen molar-refractivity contribution in [1.82, 2.24) is 4.57 Å². The van der Waals surface area contributed by atoms with E-state index in [4.69, 9.17) is 6.42 Å². The third-order valence-corrected chi connectivity index (χ3v) is 5.65. The van der Waals surface area contributed by atoms with Gasteiger partial charge in [0.2, 0.25) is 0 Å². The summed E-state index contributed by atoms with van der Waals surface area (Å²) in [6.07, 6.45) is 7.61. The second-order valence-corrected chi connectivity index (χ2v) is 7.50. The molecule has 0 unspecified atom stereocenters. The Hall–Kier alpha value is -2.89. The fourth-order valence-electron chi connectivity index (χ4n) is 2.57. The lowest BCUT2D eigenvalue weighted by atomic mass is 10.1. The zero-order valence-corrected chi connectivity index (χ0v) is 16.0. The summed E-state index contributed by atoms with van der Waals surface area (Å²) in [5, 5.41) is 11.0. The number of benzene rings is 2. The summed E-state index contributed by atoms with van der Waals surface area (Å²) in [6.45, 7) is 0.229. The molecule has 0 saturated heterocycles. The first-order chi connectivity index (χ1) is 13.0. The Bertz CT molecular complexity index is 1120. The second-order valence-electron chi connectivity index (χ2n) is 5.61. The van der Waals surface area contributed by atoms with Crippen LogP contribution in [0.3, 0.4) is 0 Å². The van der Waals surface area contributed by atoms with Crippen molar-refractivity contribution in [2.24, 2.45) is 4.99 Å². The van der Waals surface area contributed by atoms with E-state index in [1.165, 1.54) is 23.5 Å². The minimum Gasteiger partial charge on any atom is -0.305 e. The molecule has 27 heavy (non-hydrogen) atoms. The van der Waals surface area contributed by atoms with Crippen LogP contribution >= 0.6 is 23.1 Å². The molecule has 3 aromatic rings. The van der Waals surface area contributed by atoms with Crippen LogP contribution < -0.4 is 4.80 Å². The summed E-state index contributed by atoms with van der Waals surface area (Å²) in [7, 11) is 0. The molecular formula is C19H15N3O3S2. The van der Waals surface area contributed by atoms with Crippen molar-refractivity contribution < 1.29 is 9.72 Å². The van der Waals surface area contributed by atoms with Crippen molar-refractivity contribution in [3.63, 3.8) is 0 Å². The van der Waals surface area contributed by atoms with Crippen molar-refractivity contribution in [2.75, 3.05) is 6.26 Å². The molecule has 1 heterocycles. The van der Waals surface area contributed by atoms with E-state index in [2.05, 4.69) is 10.9 Å². The number of nitrogens with zero attached hydrogens (tertiary/aromatic N) is 3. The molecule has 0 aliphatic heterocycles. The van der Waals surface area contributed by atoms with Gasteiger partial charge in [-0.2, -0.15) is 4.99 Å². The highest BCUT2D eigenvalue weighted by atomic mass is 32.2. The molecular weight excluding hydrogens is 382 g/mol. The van der Waals surface area contributed by atoms with Gasteiger partial charge >= 0.3 is 0 Å². The molecule has 8 heteroatoms. The molecule has 1 amide bonds. The Kier molecular flexibility index (Phi) is 5.74. The zero-order valence-electron chi connectivity index (χ0n) is 14.4. The molecule has 2 aromatic carbocycles. The highest BCUT2D eigenvalue weighted by Gasteiger charge is 2.12. The van der Waals surface area contributed by atoms with Crippen LogP contribution in [-0.4, -0.2) is 21.7 Å². The Morgan fingerprint density at radius 1 is 1.33 bits per heavy atom. The summed E-state index contributed by atoms with van der Waals surface area (Å²) in [5.74, 6) is 2.24. The maximum Gasteiger partial charge on any atom is 0.270 e. The monoisotopic (exact) mass is 397 g/mol. The molecule has 0 N–H and O–H groups in total. The van der Waals surface area contributed by atoms with Gasteiger partial charge < -0.3 is 4.57 Å². The molecule has 0 bridgehead atoms. The fourth-order valence-corrected chi connectivity index (χ4v) is 4.06. The van der Waals surface area contributed by atoms with Crippen molar-refractivity contribution in [1.29, 1.82) is 0 Å². The zero-order chi connectivity index (χ0) is 19.4. The minimum atomic E-state index is -0.453. The highest BCUT2D eigenvalue weighted by molar-refractivity contribution is 7.98. The van der Waals surface area contributed by atoms with Gasteiger partial charge in [0, 0.05) is 17.0 Å². The summed E-state index contributed by atoms with van der Waals surface area (Å²) < 4.78 is 2.38. The summed E-state index contributed by atoms with van der Waals surface area (Å²) >= 11 is 2.85. The number of rotatable bonds is 5. The number of aromatic nitrogens is 1. The molecule has 3 rings (SSSR count). The van der Waals surface area contributed by atoms with Gasteiger partial charge in [-0.15, -0.1) is 18.2 Å². The van der Waals surface area contributed by atoms with Gasteiger partial charge in [-0.25, -0.2) is 0 Å². The first-order valence-corrected chi connectivity index (χ1v) is 9.97. The molecule has 0 fully saturated rings. The normalized spacial score (nSPS) is 11.5. The maximum absolute atomic E-state index is 12.4. The van der Waals surface area contributed by atoms with E-state index in [1.807, 2.05) is 30.5 Å². The third-order valence-electron chi connectivity index (χ3n) is 3.86. The van der Waals surface area contributed by atoms with E-state index in [0.29, 0.717) is 9.50 Å². The van der Waals surface area contributed by atoms with Gasteiger partial charge in [-0.3, -0.25) is 14.9 Å². The van der Waals surface area contributed by atoms with Gasteiger partial charge in [0.25, 0.3) is 11.6 Å². The lowest BCUT2D eigenvalue weighted by Gasteiger charge is -2.01. The molecule has 0 saturated carbocycles. The van der Waals surface area contributed by atoms with Crippen molar-refractivity contribution in [3.05, 3.63) is 62.9 Å². The van der Waals surface area contributed by atoms with E-state index >= 15 is 0 Å². The van der Waals surface area contributed by atoms with E-state index in [9.17, 15) is 14.9 Å². The third kappa shape index (κ3) is 4.27. The van der Waals surface area contributed by atoms with Crippen LogP contribution in [0.25, 0.3) is 10.2 Å². The topological polar surface area (TPSA) is 77.5 Å². The SMILES string of the molecule is C#CCn1c(=NC(=O)Cc2ccc(SC)cc2)sc2cc([N+](=O)[O-])ccc21. The number of carbonyl (C=O) groups excluding carboxylic acids is 1. The average Bonchev–Trinajstić information content (AvgIpc) is 2.99. The Labute approximate surface area is 163 Å². The van der Waals surface area contributed by atoms with Crippen LogP contribution in [0.2, 0.25) is 0 Å². The molecule has 0 aliphatic carbocycles. The maximum atomic E-state index is 12.4. The summed E-state index contributed by atoms with van der Waals surface area (Å²) in [6, 6.07) is 12.3. The van der Waals surface area contributed by atoms with Crippen LogP contribution in [-0.2, 0) is 17.8 Å². The fraction of sp³-hybridized carbons (Fsp3) is 0.158. The lowest BCUT2D eigenvalue weighted by Crippen LogP contribution is -2.17. The molecule has 136 valence electrons. The Morgan fingerprint density at radius 3 is 2.70 bits per heavy atom. The summed E-state index contributed by atoms with van der Waals surface area (Å²) in [4.78, 5) is 28.7. The standard InChI is InChI=1S/C19H15N3O3S2/c1-3-10-21-16-9-6-14(22(24)25)12-17(16)27-19(21)20-18(23)11-13-4-7-15(26-2)8-5-13/h1,4-9,12H,10-11H2,2H3.